The zero-order chi connectivity index (χ0) is 19.8. The van der Waals surface area contributed by atoms with Gasteiger partial charge in [-0.05, 0) is 45.4 Å². The van der Waals surface area contributed by atoms with Gasteiger partial charge in [-0.15, -0.1) is 11.3 Å². The van der Waals surface area contributed by atoms with E-state index in [4.69, 9.17) is 0 Å². The third-order valence-corrected chi connectivity index (χ3v) is 5.21. The summed E-state index contributed by atoms with van der Waals surface area (Å²) in [6, 6.07) is 13.8. The fourth-order valence-corrected chi connectivity index (χ4v) is 3.69. The van der Waals surface area contributed by atoms with Crippen LogP contribution in [-0.4, -0.2) is 40.9 Å². The Bertz CT molecular complexity index is 743. The number of hydrogen-bond acceptors (Lipinski definition) is 3. The Morgan fingerprint density at radius 1 is 1.07 bits per heavy atom. The van der Waals surface area contributed by atoms with Gasteiger partial charge in [-0.1, -0.05) is 30.3 Å². The summed E-state index contributed by atoms with van der Waals surface area (Å²) >= 11 is 1.70. The van der Waals surface area contributed by atoms with E-state index in [0.29, 0.717) is 19.6 Å². The lowest BCUT2D eigenvalue weighted by Crippen LogP contribution is -2.49. The molecule has 0 saturated heterocycles. The topological polar surface area (TPSA) is 52.7 Å². The predicted molar refractivity (Wildman–Crippen MR) is 111 cm³/mol. The zero-order valence-corrected chi connectivity index (χ0v) is 17.4. The quantitative estimate of drug-likeness (QED) is 0.744. The predicted octanol–water partition coefficient (Wildman–Crippen LogP) is 4.03. The van der Waals surface area contributed by atoms with Gasteiger partial charge in [0, 0.05) is 28.9 Å². The zero-order valence-electron chi connectivity index (χ0n) is 16.6. The first-order chi connectivity index (χ1) is 12.9. The normalized spacial score (nSPS) is 10.7. The number of thiophene rings is 1. The molecule has 0 aliphatic carbocycles. The maximum absolute atomic E-state index is 13.1. The number of benzene rings is 1. The number of nitrogens with one attached hydrogen (secondary N) is 1. The van der Waals surface area contributed by atoms with Crippen molar-refractivity contribution in [1.29, 1.82) is 0 Å². The molecule has 0 atom stereocenters. The highest BCUT2D eigenvalue weighted by Gasteiger charge is 2.23. The molecule has 1 heterocycles. The van der Waals surface area contributed by atoms with Crippen molar-refractivity contribution in [3.63, 3.8) is 0 Å². The Kier molecular flexibility index (Phi) is 7.85. The molecule has 0 unspecified atom stereocenters. The van der Waals surface area contributed by atoms with Gasteiger partial charge in [-0.2, -0.15) is 0 Å². The first kappa shape index (κ1) is 21.0. The lowest BCUT2D eigenvalue weighted by molar-refractivity contribution is -0.133. The highest BCUT2D eigenvalue weighted by atomic mass is 32.1. The second kappa shape index (κ2) is 10.1. The van der Waals surface area contributed by atoms with Crippen molar-refractivity contribution in [2.75, 3.05) is 13.1 Å². The van der Waals surface area contributed by atoms with Crippen LogP contribution in [0.5, 0.6) is 0 Å². The van der Waals surface area contributed by atoms with Gasteiger partial charge in [-0.3, -0.25) is 4.79 Å². The third kappa shape index (κ3) is 6.40. The van der Waals surface area contributed by atoms with E-state index in [1.54, 1.807) is 16.2 Å². The van der Waals surface area contributed by atoms with Crippen LogP contribution < -0.4 is 5.32 Å². The Morgan fingerprint density at radius 3 is 2.33 bits per heavy atom. The average molecular weight is 388 g/mol. The molecule has 1 N–H and O–H groups in total. The second-order valence-electron chi connectivity index (χ2n) is 6.80. The van der Waals surface area contributed by atoms with Gasteiger partial charge in [0.1, 0.15) is 6.54 Å². The molecule has 1 aromatic carbocycles. The molecule has 0 spiro atoms. The van der Waals surface area contributed by atoms with Gasteiger partial charge in [0.2, 0.25) is 5.91 Å². The molecule has 146 valence electrons. The van der Waals surface area contributed by atoms with Crippen LogP contribution in [0.2, 0.25) is 0 Å². The monoisotopic (exact) mass is 387 g/mol. The fourth-order valence-electron chi connectivity index (χ4n) is 2.78. The maximum Gasteiger partial charge on any atom is 0.318 e. The summed E-state index contributed by atoms with van der Waals surface area (Å²) in [6.45, 7) is 9.47. The van der Waals surface area contributed by atoms with Gasteiger partial charge in [0.15, 0.2) is 0 Å². The van der Waals surface area contributed by atoms with E-state index in [-0.39, 0.29) is 24.5 Å². The Labute approximate surface area is 166 Å². The van der Waals surface area contributed by atoms with Crippen molar-refractivity contribution in [2.45, 2.75) is 46.8 Å². The first-order valence-corrected chi connectivity index (χ1v) is 10.1. The highest BCUT2D eigenvalue weighted by molar-refractivity contribution is 7.11. The van der Waals surface area contributed by atoms with Crippen LogP contribution in [0.4, 0.5) is 4.79 Å². The Hall–Kier alpha value is -2.34. The minimum absolute atomic E-state index is 0.0511. The molecule has 0 radical (unpaired) electrons. The van der Waals surface area contributed by atoms with E-state index in [2.05, 4.69) is 24.4 Å². The Morgan fingerprint density at radius 2 is 1.78 bits per heavy atom. The van der Waals surface area contributed by atoms with Gasteiger partial charge >= 0.3 is 6.03 Å². The smallest absolute Gasteiger partial charge is 0.318 e. The molecule has 1 aromatic heterocycles. The lowest BCUT2D eigenvalue weighted by Gasteiger charge is -2.30. The number of rotatable bonds is 8. The van der Waals surface area contributed by atoms with Crippen LogP contribution in [0.3, 0.4) is 0 Å². The third-order valence-electron chi connectivity index (χ3n) is 4.23. The van der Waals surface area contributed by atoms with Crippen LogP contribution >= 0.6 is 11.3 Å². The lowest BCUT2D eigenvalue weighted by atomic mass is 10.2. The molecule has 5 nitrogen and oxygen atoms in total. The molecule has 27 heavy (non-hydrogen) atoms. The number of carbonyl (C=O) groups excluding carboxylic acids is 2. The molecule has 0 bridgehead atoms. The molecule has 0 fully saturated rings. The molecule has 0 aliphatic heterocycles. The van der Waals surface area contributed by atoms with Crippen LogP contribution in [0.15, 0.2) is 42.5 Å². The fraction of sp³-hybridized carbons (Fsp3) is 0.429. The molecule has 6 heteroatoms. The van der Waals surface area contributed by atoms with E-state index >= 15 is 0 Å². The van der Waals surface area contributed by atoms with E-state index in [1.807, 2.05) is 56.0 Å². The molecule has 0 saturated carbocycles. The van der Waals surface area contributed by atoms with Gasteiger partial charge in [0.25, 0.3) is 0 Å². The SMILES string of the molecule is CCNC(=O)N(CC(=O)N(Cc1ccccc1)Cc1ccc(C)s1)C(C)C. The second-order valence-corrected chi connectivity index (χ2v) is 8.18. The summed E-state index contributed by atoms with van der Waals surface area (Å²) in [5, 5.41) is 2.79. The summed E-state index contributed by atoms with van der Waals surface area (Å²) in [5.41, 5.74) is 1.08. The van der Waals surface area contributed by atoms with Crippen molar-refractivity contribution in [1.82, 2.24) is 15.1 Å². The summed E-state index contributed by atoms with van der Waals surface area (Å²) in [5.74, 6) is -0.0511. The van der Waals surface area contributed by atoms with Crippen molar-refractivity contribution < 1.29 is 9.59 Å². The Balaban J connectivity index is 2.17. The van der Waals surface area contributed by atoms with E-state index in [0.717, 1.165) is 10.4 Å². The van der Waals surface area contributed by atoms with E-state index in [9.17, 15) is 9.59 Å². The number of carbonyl (C=O) groups is 2. The van der Waals surface area contributed by atoms with Crippen LogP contribution in [-0.2, 0) is 17.9 Å². The minimum Gasteiger partial charge on any atom is -0.338 e. The largest absolute Gasteiger partial charge is 0.338 e. The standard InChI is InChI=1S/C21H29N3O2S/c1-5-22-21(26)24(16(2)3)15-20(25)23(13-18-9-7-6-8-10-18)14-19-12-11-17(4)27-19/h6-12,16H,5,13-15H2,1-4H3,(H,22,26). The molecule has 2 rings (SSSR count). The van der Waals surface area contributed by atoms with Crippen LogP contribution in [0.25, 0.3) is 0 Å². The summed E-state index contributed by atoms with van der Waals surface area (Å²) < 4.78 is 0. The molecular formula is C21H29N3O2S. The molecular weight excluding hydrogens is 358 g/mol. The van der Waals surface area contributed by atoms with Gasteiger partial charge in [0.05, 0.1) is 6.54 Å². The number of nitrogens with zero attached hydrogens (tertiary/aromatic N) is 2. The minimum atomic E-state index is -0.201. The number of urea groups is 1. The molecule has 2 aromatic rings. The van der Waals surface area contributed by atoms with Crippen molar-refractivity contribution >= 4 is 23.3 Å². The number of aryl methyl sites for hydroxylation is 1. The summed E-state index contributed by atoms with van der Waals surface area (Å²) in [7, 11) is 0. The average Bonchev–Trinajstić information content (AvgIpc) is 3.04. The van der Waals surface area contributed by atoms with Crippen molar-refractivity contribution in [3.05, 3.63) is 57.8 Å². The van der Waals surface area contributed by atoms with Crippen LogP contribution in [0.1, 0.15) is 36.1 Å². The van der Waals surface area contributed by atoms with Gasteiger partial charge < -0.3 is 15.1 Å². The first-order valence-electron chi connectivity index (χ1n) is 9.32. The van der Waals surface area contributed by atoms with E-state index in [1.165, 1.54) is 4.88 Å². The van der Waals surface area contributed by atoms with Crippen LogP contribution in [0, 0.1) is 6.92 Å². The number of hydrogen-bond donors (Lipinski definition) is 1. The van der Waals surface area contributed by atoms with Gasteiger partial charge in [-0.25, -0.2) is 4.79 Å². The summed E-state index contributed by atoms with van der Waals surface area (Å²) in [4.78, 5) is 31.2. The molecule has 0 aliphatic rings. The summed E-state index contributed by atoms with van der Waals surface area (Å²) in [6.07, 6.45) is 0. The van der Waals surface area contributed by atoms with Crippen molar-refractivity contribution in [3.8, 4) is 0 Å². The molecule has 3 amide bonds. The van der Waals surface area contributed by atoms with Crippen molar-refractivity contribution in [2.24, 2.45) is 0 Å². The number of amides is 3. The highest BCUT2D eigenvalue weighted by Crippen LogP contribution is 2.19. The maximum atomic E-state index is 13.1. The van der Waals surface area contributed by atoms with E-state index < -0.39 is 0 Å².